The lowest BCUT2D eigenvalue weighted by Gasteiger charge is -2.20. The molecule has 1 fully saturated rings. The van der Waals surface area contributed by atoms with E-state index in [1.165, 1.54) is 42.2 Å². The van der Waals surface area contributed by atoms with Crippen molar-refractivity contribution >= 4 is 22.7 Å². The van der Waals surface area contributed by atoms with E-state index >= 15 is 0 Å². The van der Waals surface area contributed by atoms with Gasteiger partial charge < -0.3 is 10.2 Å². The average molecular weight is 273 g/mol. The molecule has 1 unspecified atom stereocenters. The third kappa shape index (κ3) is 2.89. The first kappa shape index (κ1) is 12.5. The summed E-state index contributed by atoms with van der Waals surface area (Å²) in [4.78, 5) is 7.87. The smallest absolute Gasteiger partial charge is 0.0795 e. The van der Waals surface area contributed by atoms with Gasteiger partial charge in [-0.1, -0.05) is 6.07 Å². The summed E-state index contributed by atoms with van der Waals surface area (Å²) < 4.78 is 0. The minimum Gasteiger partial charge on any atom is -0.378 e. The van der Waals surface area contributed by atoms with Crippen LogP contribution in [0, 0.1) is 0 Å². The zero-order chi connectivity index (χ0) is 13.1. The first-order valence-corrected chi connectivity index (χ1v) is 7.71. The van der Waals surface area contributed by atoms with Gasteiger partial charge in [-0.3, -0.25) is 4.98 Å². The lowest BCUT2D eigenvalue weighted by molar-refractivity contribution is 0.902. The van der Waals surface area contributed by atoms with Crippen molar-refractivity contribution in [1.29, 1.82) is 0 Å². The Kier molecular flexibility index (Phi) is 3.69. The fraction of sp³-hybridized carbons (Fsp3) is 0.400. The molecule has 1 N–H and O–H groups in total. The van der Waals surface area contributed by atoms with Crippen LogP contribution in [0.25, 0.3) is 0 Å². The van der Waals surface area contributed by atoms with E-state index in [0.29, 0.717) is 6.04 Å². The van der Waals surface area contributed by atoms with Crippen LogP contribution in [0.15, 0.2) is 36.0 Å². The summed E-state index contributed by atoms with van der Waals surface area (Å²) in [6.45, 7) is 4.55. The summed E-state index contributed by atoms with van der Waals surface area (Å²) in [6, 6.07) is 9.03. The molecule has 0 bridgehead atoms. The van der Waals surface area contributed by atoms with Gasteiger partial charge in [-0.25, -0.2) is 0 Å². The zero-order valence-electron chi connectivity index (χ0n) is 11.2. The van der Waals surface area contributed by atoms with E-state index in [9.17, 15) is 0 Å². The second kappa shape index (κ2) is 5.61. The Bertz CT molecular complexity index is 518. The molecule has 19 heavy (non-hydrogen) atoms. The highest BCUT2D eigenvalue weighted by molar-refractivity contribution is 7.09. The molecular weight excluding hydrogens is 254 g/mol. The highest BCUT2D eigenvalue weighted by atomic mass is 32.1. The van der Waals surface area contributed by atoms with Gasteiger partial charge in [-0.2, -0.15) is 0 Å². The van der Waals surface area contributed by atoms with Gasteiger partial charge in [0.15, 0.2) is 0 Å². The van der Waals surface area contributed by atoms with Crippen LogP contribution in [-0.4, -0.2) is 18.1 Å². The van der Waals surface area contributed by atoms with E-state index < -0.39 is 0 Å². The van der Waals surface area contributed by atoms with Crippen LogP contribution in [0.2, 0.25) is 0 Å². The third-order valence-electron chi connectivity index (χ3n) is 3.58. The molecule has 1 aliphatic heterocycles. The summed E-state index contributed by atoms with van der Waals surface area (Å²) in [7, 11) is 0. The lowest BCUT2D eigenvalue weighted by Crippen LogP contribution is -2.17. The molecule has 0 aliphatic carbocycles. The standard InChI is InChI=1S/C15H19N3S/c1-12(15-10-16-11-19-15)17-13-5-4-6-14(9-13)18-7-2-3-8-18/h4-6,9-12,17H,2-3,7-8H2,1H3. The van der Waals surface area contributed by atoms with Gasteiger partial charge in [0.05, 0.1) is 11.6 Å². The van der Waals surface area contributed by atoms with E-state index in [1.807, 2.05) is 11.7 Å². The SMILES string of the molecule is CC(Nc1cccc(N2CCCC2)c1)c1cncs1. The van der Waals surface area contributed by atoms with Gasteiger partial charge in [0.2, 0.25) is 0 Å². The summed E-state index contributed by atoms with van der Waals surface area (Å²) in [5.41, 5.74) is 4.40. The van der Waals surface area contributed by atoms with Gasteiger partial charge in [-0.15, -0.1) is 11.3 Å². The molecule has 4 heteroatoms. The highest BCUT2D eigenvalue weighted by Gasteiger charge is 2.13. The van der Waals surface area contributed by atoms with Crippen LogP contribution in [0.5, 0.6) is 0 Å². The Morgan fingerprint density at radius 3 is 2.89 bits per heavy atom. The summed E-state index contributed by atoms with van der Waals surface area (Å²) in [5, 5.41) is 3.55. The normalized spacial score (nSPS) is 16.6. The van der Waals surface area contributed by atoms with Crippen molar-refractivity contribution in [2.45, 2.75) is 25.8 Å². The molecule has 1 atom stereocenters. The molecule has 1 aliphatic rings. The highest BCUT2D eigenvalue weighted by Crippen LogP contribution is 2.26. The molecule has 0 saturated carbocycles. The Hall–Kier alpha value is -1.55. The van der Waals surface area contributed by atoms with Crippen molar-refractivity contribution < 1.29 is 0 Å². The van der Waals surface area contributed by atoms with Crippen molar-refractivity contribution in [3.8, 4) is 0 Å². The maximum atomic E-state index is 4.14. The predicted octanol–water partition coefficient (Wildman–Crippen LogP) is 3.92. The molecule has 3 nitrogen and oxygen atoms in total. The van der Waals surface area contributed by atoms with Crippen LogP contribution < -0.4 is 10.2 Å². The van der Waals surface area contributed by atoms with Crippen molar-refractivity contribution in [3.05, 3.63) is 40.8 Å². The number of thiazole rings is 1. The van der Waals surface area contributed by atoms with Crippen molar-refractivity contribution in [2.75, 3.05) is 23.3 Å². The molecule has 100 valence electrons. The maximum absolute atomic E-state index is 4.14. The van der Waals surface area contributed by atoms with Crippen LogP contribution in [-0.2, 0) is 0 Å². The minimum atomic E-state index is 0.307. The van der Waals surface area contributed by atoms with E-state index in [2.05, 4.69) is 46.4 Å². The largest absolute Gasteiger partial charge is 0.378 e. The first-order valence-electron chi connectivity index (χ1n) is 6.83. The number of anilines is 2. The van der Waals surface area contributed by atoms with Gasteiger partial charge >= 0.3 is 0 Å². The van der Waals surface area contributed by atoms with Gasteiger partial charge in [-0.05, 0) is 38.0 Å². The number of benzene rings is 1. The average Bonchev–Trinajstić information content (AvgIpc) is 3.13. The van der Waals surface area contributed by atoms with Crippen LogP contribution in [0.3, 0.4) is 0 Å². The van der Waals surface area contributed by atoms with E-state index in [0.717, 1.165) is 0 Å². The predicted molar refractivity (Wildman–Crippen MR) is 82.0 cm³/mol. The Labute approximate surface area is 118 Å². The molecule has 2 heterocycles. The topological polar surface area (TPSA) is 28.2 Å². The molecule has 1 aromatic carbocycles. The fourth-order valence-electron chi connectivity index (χ4n) is 2.53. The number of nitrogens with zero attached hydrogens (tertiary/aromatic N) is 2. The maximum Gasteiger partial charge on any atom is 0.0795 e. The van der Waals surface area contributed by atoms with E-state index in [-0.39, 0.29) is 0 Å². The molecule has 3 rings (SSSR count). The Morgan fingerprint density at radius 2 is 2.16 bits per heavy atom. The van der Waals surface area contributed by atoms with E-state index in [1.54, 1.807) is 11.3 Å². The third-order valence-corrected chi connectivity index (χ3v) is 4.54. The number of hydrogen-bond donors (Lipinski definition) is 1. The summed E-state index contributed by atoms with van der Waals surface area (Å²) in [5.74, 6) is 0. The Morgan fingerprint density at radius 1 is 1.32 bits per heavy atom. The van der Waals surface area contributed by atoms with Crippen molar-refractivity contribution in [2.24, 2.45) is 0 Å². The van der Waals surface area contributed by atoms with Crippen LogP contribution in [0.1, 0.15) is 30.7 Å². The molecular formula is C15H19N3S. The van der Waals surface area contributed by atoms with Crippen LogP contribution in [0.4, 0.5) is 11.4 Å². The quantitative estimate of drug-likeness (QED) is 0.915. The Balaban J connectivity index is 1.72. The molecule has 2 aromatic rings. The minimum absolute atomic E-state index is 0.307. The van der Waals surface area contributed by atoms with Gasteiger partial charge in [0, 0.05) is 35.5 Å². The number of nitrogens with one attached hydrogen (secondary N) is 1. The zero-order valence-corrected chi connectivity index (χ0v) is 12.0. The summed E-state index contributed by atoms with van der Waals surface area (Å²) >= 11 is 1.70. The lowest BCUT2D eigenvalue weighted by atomic mass is 10.2. The summed E-state index contributed by atoms with van der Waals surface area (Å²) in [6.07, 6.45) is 4.57. The van der Waals surface area contributed by atoms with Crippen LogP contribution >= 0.6 is 11.3 Å². The van der Waals surface area contributed by atoms with Crippen molar-refractivity contribution in [1.82, 2.24) is 4.98 Å². The monoisotopic (exact) mass is 273 g/mol. The van der Waals surface area contributed by atoms with Gasteiger partial charge in [0.25, 0.3) is 0 Å². The molecule has 0 radical (unpaired) electrons. The number of aromatic nitrogens is 1. The number of rotatable bonds is 4. The fourth-order valence-corrected chi connectivity index (χ4v) is 3.16. The van der Waals surface area contributed by atoms with Crippen molar-refractivity contribution in [3.63, 3.8) is 0 Å². The number of hydrogen-bond acceptors (Lipinski definition) is 4. The molecule has 1 saturated heterocycles. The van der Waals surface area contributed by atoms with E-state index in [4.69, 9.17) is 0 Å². The second-order valence-electron chi connectivity index (χ2n) is 5.01. The van der Waals surface area contributed by atoms with Gasteiger partial charge in [0.1, 0.15) is 0 Å². The first-order chi connectivity index (χ1) is 9.33. The second-order valence-corrected chi connectivity index (χ2v) is 5.93. The molecule has 0 spiro atoms. The molecule has 0 amide bonds. The molecule has 1 aromatic heterocycles.